The fourth-order valence-electron chi connectivity index (χ4n) is 5.49. The van der Waals surface area contributed by atoms with Gasteiger partial charge in [-0.05, 0) is 49.3 Å². The van der Waals surface area contributed by atoms with E-state index in [9.17, 15) is 4.79 Å². The molecule has 1 aromatic carbocycles. The highest BCUT2D eigenvalue weighted by atomic mass is 16.4. The van der Waals surface area contributed by atoms with Crippen molar-refractivity contribution in [3.8, 4) is 0 Å². The number of amides is 1. The van der Waals surface area contributed by atoms with Gasteiger partial charge in [-0.3, -0.25) is 4.79 Å². The van der Waals surface area contributed by atoms with E-state index in [1.54, 1.807) is 4.90 Å². The van der Waals surface area contributed by atoms with Crippen LogP contribution in [-0.2, 0) is 6.42 Å². The van der Waals surface area contributed by atoms with Crippen LogP contribution < -0.4 is 5.73 Å². The largest absolute Gasteiger partial charge is 0.409 e. The van der Waals surface area contributed by atoms with Crippen molar-refractivity contribution < 1.29 is 10.0 Å². The van der Waals surface area contributed by atoms with Crippen LogP contribution in [0.1, 0.15) is 112 Å². The van der Waals surface area contributed by atoms with Crippen LogP contribution in [0, 0.1) is 5.92 Å². The number of oxime groups is 1. The van der Waals surface area contributed by atoms with E-state index in [0.29, 0.717) is 12.1 Å². The average Bonchev–Trinajstić information content (AvgIpc) is 3.33. The first-order valence-corrected chi connectivity index (χ1v) is 13.1. The van der Waals surface area contributed by atoms with Crippen molar-refractivity contribution in [3.05, 3.63) is 35.4 Å². The standard InChI is InChI=1S/C27H43N3O2/c28-26(29-32)25-16-11-21-30(25)27(31)24-19-17-23(18-20-24)15-8-5-3-1-2-4-7-12-22-13-9-6-10-14-22/h17-20,22,25,32H,1-16,21H2,(H2,28,29). The summed E-state index contributed by atoms with van der Waals surface area (Å²) in [5, 5.41) is 12.1. The van der Waals surface area contributed by atoms with Gasteiger partial charge in [0, 0.05) is 12.1 Å². The summed E-state index contributed by atoms with van der Waals surface area (Å²) in [6.45, 7) is 0.655. The minimum absolute atomic E-state index is 0.0332. The highest BCUT2D eigenvalue weighted by molar-refractivity contribution is 5.98. The van der Waals surface area contributed by atoms with Crippen LogP contribution in [0.25, 0.3) is 0 Å². The second-order valence-corrected chi connectivity index (χ2v) is 9.90. The van der Waals surface area contributed by atoms with Gasteiger partial charge in [0.1, 0.15) is 0 Å². The fourth-order valence-corrected chi connectivity index (χ4v) is 5.49. The highest BCUT2D eigenvalue weighted by Crippen LogP contribution is 2.28. The summed E-state index contributed by atoms with van der Waals surface area (Å²) in [6.07, 6.45) is 21.0. The van der Waals surface area contributed by atoms with Gasteiger partial charge in [0.25, 0.3) is 5.91 Å². The molecule has 1 saturated carbocycles. The second kappa shape index (κ2) is 13.5. The average molecular weight is 442 g/mol. The number of likely N-dealkylation sites (tertiary alicyclic amines) is 1. The van der Waals surface area contributed by atoms with Gasteiger partial charge in [-0.25, -0.2) is 0 Å². The number of benzene rings is 1. The summed E-state index contributed by atoms with van der Waals surface area (Å²) in [5.41, 5.74) is 7.73. The minimum atomic E-state index is -0.292. The Morgan fingerprint density at radius 3 is 2.25 bits per heavy atom. The van der Waals surface area contributed by atoms with E-state index in [4.69, 9.17) is 10.9 Å². The van der Waals surface area contributed by atoms with E-state index in [1.807, 2.05) is 12.1 Å². The topological polar surface area (TPSA) is 78.9 Å². The van der Waals surface area contributed by atoms with Crippen LogP contribution >= 0.6 is 0 Å². The SMILES string of the molecule is NC(=NO)C1CCCN1C(=O)c1ccc(CCCCCCCCCC2CCCCC2)cc1. The molecule has 32 heavy (non-hydrogen) atoms. The molecule has 3 N–H and O–H groups in total. The fraction of sp³-hybridized carbons (Fsp3) is 0.704. The molecule has 1 aliphatic carbocycles. The van der Waals surface area contributed by atoms with Crippen molar-refractivity contribution in [1.82, 2.24) is 4.90 Å². The van der Waals surface area contributed by atoms with E-state index in [1.165, 1.54) is 89.0 Å². The smallest absolute Gasteiger partial charge is 0.254 e. The normalized spacial score (nSPS) is 20.1. The van der Waals surface area contributed by atoms with Crippen LogP contribution in [0.4, 0.5) is 0 Å². The van der Waals surface area contributed by atoms with Crippen LogP contribution in [0.5, 0.6) is 0 Å². The maximum Gasteiger partial charge on any atom is 0.254 e. The number of rotatable bonds is 12. The van der Waals surface area contributed by atoms with Gasteiger partial charge in [0.2, 0.25) is 0 Å². The maximum atomic E-state index is 12.8. The van der Waals surface area contributed by atoms with E-state index < -0.39 is 0 Å². The number of carbonyl (C=O) groups is 1. The van der Waals surface area contributed by atoms with E-state index in [2.05, 4.69) is 17.3 Å². The molecule has 0 radical (unpaired) electrons. The number of amidine groups is 1. The summed E-state index contributed by atoms with van der Waals surface area (Å²) in [4.78, 5) is 14.5. The first-order chi connectivity index (χ1) is 15.7. The van der Waals surface area contributed by atoms with Gasteiger partial charge >= 0.3 is 0 Å². The summed E-state index contributed by atoms with van der Waals surface area (Å²) in [7, 11) is 0. The molecule has 0 aromatic heterocycles. The molecule has 5 heteroatoms. The van der Waals surface area contributed by atoms with Crippen LogP contribution in [0.2, 0.25) is 0 Å². The van der Waals surface area contributed by atoms with E-state index in [-0.39, 0.29) is 17.8 Å². The van der Waals surface area contributed by atoms with Gasteiger partial charge in [-0.2, -0.15) is 0 Å². The molecule has 1 unspecified atom stereocenters. The number of aryl methyl sites for hydroxylation is 1. The monoisotopic (exact) mass is 441 g/mol. The zero-order chi connectivity index (χ0) is 22.6. The van der Waals surface area contributed by atoms with Crippen molar-refractivity contribution in [1.29, 1.82) is 0 Å². The number of nitrogens with two attached hydrogens (primary N) is 1. The third-order valence-corrected chi connectivity index (χ3v) is 7.47. The van der Waals surface area contributed by atoms with Crippen molar-refractivity contribution in [2.75, 3.05) is 6.54 Å². The van der Waals surface area contributed by atoms with Crippen LogP contribution in [0.15, 0.2) is 29.4 Å². The van der Waals surface area contributed by atoms with Crippen molar-refractivity contribution in [2.45, 2.75) is 109 Å². The Morgan fingerprint density at radius 1 is 0.906 bits per heavy atom. The molecular weight excluding hydrogens is 398 g/mol. The summed E-state index contributed by atoms with van der Waals surface area (Å²) >= 11 is 0. The number of hydrogen-bond acceptors (Lipinski definition) is 3. The van der Waals surface area contributed by atoms with Crippen LogP contribution in [-0.4, -0.2) is 34.4 Å². The third-order valence-electron chi connectivity index (χ3n) is 7.47. The number of unbranched alkanes of at least 4 members (excludes halogenated alkanes) is 6. The zero-order valence-electron chi connectivity index (χ0n) is 19.8. The highest BCUT2D eigenvalue weighted by Gasteiger charge is 2.32. The third kappa shape index (κ3) is 7.53. The molecule has 1 amide bonds. The van der Waals surface area contributed by atoms with Gasteiger partial charge < -0.3 is 15.8 Å². The predicted molar refractivity (Wildman–Crippen MR) is 131 cm³/mol. The molecule has 3 rings (SSSR count). The Labute approximate surface area is 194 Å². The number of nitrogens with zero attached hydrogens (tertiary/aromatic N) is 2. The quantitative estimate of drug-likeness (QED) is 0.132. The Hall–Kier alpha value is -2.04. The van der Waals surface area contributed by atoms with E-state index >= 15 is 0 Å². The predicted octanol–water partition coefficient (Wildman–Crippen LogP) is 6.28. The number of hydrogen-bond donors (Lipinski definition) is 2. The lowest BCUT2D eigenvalue weighted by Gasteiger charge is -2.23. The lowest BCUT2D eigenvalue weighted by molar-refractivity contribution is 0.0768. The summed E-state index contributed by atoms with van der Waals surface area (Å²) in [5.74, 6) is 1.13. The molecule has 2 fully saturated rings. The molecule has 1 heterocycles. The molecule has 178 valence electrons. The van der Waals surface area contributed by atoms with Crippen molar-refractivity contribution in [3.63, 3.8) is 0 Å². The molecule has 1 aromatic rings. The zero-order valence-corrected chi connectivity index (χ0v) is 19.8. The second-order valence-electron chi connectivity index (χ2n) is 9.90. The Morgan fingerprint density at radius 2 is 1.56 bits per heavy atom. The van der Waals surface area contributed by atoms with Gasteiger partial charge in [0.05, 0.1) is 6.04 Å². The Balaban J connectivity index is 1.27. The Bertz CT molecular complexity index is 710. The van der Waals surface area contributed by atoms with Crippen molar-refractivity contribution in [2.24, 2.45) is 16.8 Å². The van der Waals surface area contributed by atoms with Gasteiger partial charge in [0.15, 0.2) is 5.84 Å². The Kier molecular flexibility index (Phi) is 10.4. The summed E-state index contributed by atoms with van der Waals surface area (Å²) in [6, 6.07) is 7.71. The molecule has 0 bridgehead atoms. The minimum Gasteiger partial charge on any atom is -0.409 e. The number of carbonyl (C=O) groups excluding carboxylic acids is 1. The molecule has 1 saturated heterocycles. The molecule has 0 spiro atoms. The molecule has 1 aliphatic heterocycles. The lowest BCUT2D eigenvalue weighted by Crippen LogP contribution is -2.43. The van der Waals surface area contributed by atoms with Crippen molar-refractivity contribution >= 4 is 11.7 Å². The van der Waals surface area contributed by atoms with Gasteiger partial charge in [-0.15, -0.1) is 0 Å². The summed E-state index contributed by atoms with van der Waals surface area (Å²) < 4.78 is 0. The maximum absolute atomic E-state index is 12.8. The first-order valence-electron chi connectivity index (χ1n) is 13.1. The first kappa shape index (κ1) is 24.6. The van der Waals surface area contributed by atoms with Crippen LogP contribution in [0.3, 0.4) is 0 Å². The molecule has 1 atom stereocenters. The molecular formula is C27H43N3O2. The lowest BCUT2D eigenvalue weighted by atomic mass is 9.85. The molecule has 5 nitrogen and oxygen atoms in total. The van der Waals surface area contributed by atoms with E-state index in [0.717, 1.165) is 25.2 Å². The van der Waals surface area contributed by atoms with Gasteiger partial charge in [-0.1, -0.05) is 94.3 Å². The molecule has 2 aliphatic rings.